The lowest BCUT2D eigenvalue weighted by Gasteiger charge is -2.38. The summed E-state index contributed by atoms with van der Waals surface area (Å²) >= 11 is 0. The number of rotatable bonds is 7. The van der Waals surface area contributed by atoms with Crippen molar-refractivity contribution in [2.24, 2.45) is 5.92 Å². The molecule has 1 heterocycles. The first-order valence-corrected chi connectivity index (χ1v) is 8.08. The van der Waals surface area contributed by atoms with E-state index in [2.05, 4.69) is 19.2 Å². The summed E-state index contributed by atoms with van der Waals surface area (Å²) in [6.45, 7) is 7.72. The lowest BCUT2D eigenvalue weighted by atomic mass is 9.89. The van der Waals surface area contributed by atoms with Crippen molar-refractivity contribution in [1.29, 1.82) is 0 Å². The first kappa shape index (κ1) is 18.0. The highest BCUT2D eigenvalue weighted by atomic mass is 16.5. The summed E-state index contributed by atoms with van der Waals surface area (Å²) < 4.78 is 4.75. The minimum absolute atomic E-state index is 0.0273. The largest absolute Gasteiger partial charge is 0.468 e. The third kappa shape index (κ3) is 4.99. The van der Waals surface area contributed by atoms with Crippen molar-refractivity contribution in [2.45, 2.75) is 58.4 Å². The quantitative estimate of drug-likeness (QED) is 0.730. The van der Waals surface area contributed by atoms with Gasteiger partial charge in [0.15, 0.2) is 0 Å². The molecule has 1 atom stereocenters. The predicted molar refractivity (Wildman–Crippen MR) is 82.9 cm³/mol. The average Bonchev–Trinajstić information content (AvgIpc) is 2.51. The van der Waals surface area contributed by atoms with E-state index in [1.165, 1.54) is 7.11 Å². The van der Waals surface area contributed by atoms with Gasteiger partial charge >= 0.3 is 5.97 Å². The monoisotopic (exact) mass is 298 g/mol. The van der Waals surface area contributed by atoms with Gasteiger partial charge in [0.2, 0.25) is 5.91 Å². The minimum atomic E-state index is -0.543. The topological polar surface area (TPSA) is 58.6 Å². The van der Waals surface area contributed by atoms with Gasteiger partial charge in [-0.3, -0.25) is 9.59 Å². The van der Waals surface area contributed by atoms with E-state index in [1.807, 2.05) is 6.92 Å². The van der Waals surface area contributed by atoms with E-state index in [0.29, 0.717) is 12.5 Å². The van der Waals surface area contributed by atoms with Crippen LogP contribution in [0.5, 0.6) is 0 Å². The normalized spacial score (nSPS) is 22.1. The lowest BCUT2D eigenvalue weighted by molar-refractivity contribution is -0.150. The minimum Gasteiger partial charge on any atom is -0.468 e. The molecule has 1 fully saturated rings. The van der Waals surface area contributed by atoms with Gasteiger partial charge in [-0.1, -0.05) is 26.7 Å². The molecule has 1 unspecified atom stereocenters. The second-order valence-corrected chi connectivity index (χ2v) is 6.16. The molecule has 1 amide bonds. The molecular weight excluding hydrogens is 268 g/mol. The highest BCUT2D eigenvalue weighted by Gasteiger charge is 2.38. The zero-order valence-electron chi connectivity index (χ0n) is 13.9. The molecule has 0 radical (unpaired) electrons. The fourth-order valence-electron chi connectivity index (χ4n) is 2.89. The Morgan fingerprint density at radius 3 is 2.43 bits per heavy atom. The van der Waals surface area contributed by atoms with E-state index in [0.717, 1.165) is 38.6 Å². The standard InChI is InChI=1S/C16H30N2O3/c1-5-13(6-2)11-18(12-14(19)21-4)15(20)16(3)9-7-8-10-17-16/h13,17H,5-12H2,1-4H3. The van der Waals surface area contributed by atoms with Crippen molar-refractivity contribution in [3.63, 3.8) is 0 Å². The molecule has 1 saturated heterocycles. The van der Waals surface area contributed by atoms with Gasteiger partial charge in [0.1, 0.15) is 6.54 Å². The Balaban J connectivity index is 2.82. The molecule has 1 N–H and O–H groups in total. The van der Waals surface area contributed by atoms with Crippen LogP contribution in [0.25, 0.3) is 0 Å². The number of nitrogens with one attached hydrogen (secondary N) is 1. The highest BCUT2D eigenvalue weighted by Crippen LogP contribution is 2.22. The zero-order valence-corrected chi connectivity index (χ0v) is 13.9. The number of carbonyl (C=O) groups is 2. The SMILES string of the molecule is CCC(CC)CN(CC(=O)OC)C(=O)C1(C)CCCCN1. The van der Waals surface area contributed by atoms with Crippen LogP contribution in [0.2, 0.25) is 0 Å². The second-order valence-electron chi connectivity index (χ2n) is 6.16. The van der Waals surface area contributed by atoms with Crippen LogP contribution in [0, 0.1) is 5.92 Å². The Morgan fingerprint density at radius 1 is 1.29 bits per heavy atom. The Kier molecular flexibility index (Phi) is 7.15. The van der Waals surface area contributed by atoms with E-state index in [9.17, 15) is 9.59 Å². The summed E-state index contributed by atoms with van der Waals surface area (Å²) in [5.41, 5.74) is -0.543. The van der Waals surface area contributed by atoms with Crippen LogP contribution in [-0.2, 0) is 14.3 Å². The summed E-state index contributed by atoms with van der Waals surface area (Å²) in [5, 5.41) is 3.33. The van der Waals surface area contributed by atoms with Crippen LogP contribution >= 0.6 is 0 Å². The number of nitrogens with zero attached hydrogens (tertiary/aromatic N) is 1. The molecule has 5 heteroatoms. The molecule has 0 saturated carbocycles. The van der Waals surface area contributed by atoms with Crippen LogP contribution in [0.4, 0.5) is 0 Å². The maximum absolute atomic E-state index is 12.9. The van der Waals surface area contributed by atoms with Crippen LogP contribution in [-0.4, -0.2) is 49.1 Å². The van der Waals surface area contributed by atoms with E-state index in [-0.39, 0.29) is 18.4 Å². The fourth-order valence-corrected chi connectivity index (χ4v) is 2.89. The van der Waals surface area contributed by atoms with E-state index >= 15 is 0 Å². The van der Waals surface area contributed by atoms with Crippen molar-refractivity contribution in [3.8, 4) is 0 Å². The van der Waals surface area contributed by atoms with E-state index in [1.54, 1.807) is 4.90 Å². The first-order chi connectivity index (χ1) is 9.96. The summed E-state index contributed by atoms with van der Waals surface area (Å²) in [6, 6.07) is 0. The average molecular weight is 298 g/mol. The fraction of sp³-hybridized carbons (Fsp3) is 0.875. The Hall–Kier alpha value is -1.10. The number of methoxy groups -OCH3 is 1. The maximum Gasteiger partial charge on any atom is 0.325 e. The van der Waals surface area contributed by atoms with Gasteiger partial charge in [-0.2, -0.15) is 0 Å². The smallest absolute Gasteiger partial charge is 0.325 e. The maximum atomic E-state index is 12.9. The molecule has 0 spiro atoms. The summed E-state index contributed by atoms with van der Waals surface area (Å²) in [4.78, 5) is 26.2. The first-order valence-electron chi connectivity index (χ1n) is 8.08. The predicted octanol–water partition coefficient (Wildman–Crippen LogP) is 1.96. The van der Waals surface area contributed by atoms with Gasteiger partial charge in [-0.05, 0) is 38.6 Å². The van der Waals surface area contributed by atoms with Crippen molar-refractivity contribution >= 4 is 11.9 Å². The highest BCUT2D eigenvalue weighted by molar-refractivity contribution is 5.89. The number of piperidine rings is 1. The van der Waals surface area contributed by atoms with Gasteiger partial charge in [0.25, 0.3) is 0 Å². The molecule has 0 aromatic rings. The van der Waals surface area contributed by atoms with E-state index in [4.69, 9.17) is 4.74 Å². The molecule has 1 rings (SSSR count). The molecule has 0 aromatic carbocycles. The van der Waals surface area contributed by atoms with Crippen molar-refractivity contribution < 1.29 is 14.3 Å². The number of hydrogen-bond donors (Lipinski definition) is 1. The van der Waals surface area contributed by atoms with E-state index < -0.39 is 5.54 Å². The number of hydrogen-bond acceptors (Lipinski definition) is 4. The Morgan fingerprint density at radius 2 is 1.95 bits per heavy atom. The van der Waals surface area contributed by atoms with Crippen LogP contribution < -0.4 is 5.32 Å². The molecule has 0 aromatic heterocycles. The van der Waals surface area contributed by atoms with Crippen LogP contribution in [0.3, 0.4) is 0 Å². The molecule has 1 aliphatic heterocycles. The third-order valence-electron chi connectivity index (χ3n) is 4.56. The third-order valence-corrected chi connectivity index (χ3v) is 4.56. The molecule has 0 aliphatic carbocycles. The lowest BCUT2D eigenvalue weighted by Crippen LogP contribution is -2.59. The van der Waals surface area contributed by atoms with Crippen LogP contribution in [0.1, 0.15) is 52.9 Å². The zero-order chi connectivity index (χ0) is 15.9. The molecule has 5 nitrogen and oxygen atoms in total. The Bertz CT molecular complexity index is 347. The summed E-state index contributed by atoms with van der Waals surface area (Å²) in [7, 11) is 1.36. The van der Waals surface area contributed by atoms with Crippen molar-refractivity contribution in [2.75, 3.05) is 26.7 Å². The number of esters is 1. The molecule has 122 valence electrons. The molecular formula is C16H30N2O3. The second kappa shape index (κ2) is 8.37. The number of ether oxygens (including phenoxy) is 1. The van der Waals surface area contributed by atoms with Gasteiger partial charge < -0.3 is 15.0 Å². The van der Waals surface area contributed by atoms with Gasteiger partial charge in [0, 0.05) is 6.54 Å². The van der Waals surface area contributed by atoms with Gasteiger partial charge in [-0.25, -0.2) is 0 Å². The molecule has 21 heavy (non-hydrogen) atoms. The Labute approximate surface area is 128 Å². The van der Waals surface area contributed by atoms with Crippen molar-refractivity contribution in [3.05, 3.63) is 0 Å². The summed E-state index contributed by atoms with van der Waals surface area (Å²) in [6.07, 6.45) is 4.99. The van der Waals surface area contributed by atoms with Crippen LogP contribution in [0.15, 0.2) is 0 Å². The van der Waals surface area contributed by atoms with Gasteiger partial charge in [-0.15, -0.1) is 0 Å². The molecule has 1 aliphatic rings. The number of carbonyl (C=O) groups excluding carboxylic acids is 2. The number of amides is 1. The van der Waals surface area contributed by atoms with Crippen molar-refractivity contribution in [1.82, 2.24) is 10.2 Å². The van der Waals surface area contributed by atoms with Gasteiger partial charge in [0.05, 0.1) is 12.6 Å². The molecule has 0 bridgehead atoms. The summed E-state index contributed by atoms with van der Waals surface area (Å²) in [5.74, 6) is 0.0963.